The molecule has 0 fully saturated rings. The molecule has 0 spiro atoms. The van der Waals surface area contributed by atoms with E-state index >= 15 is 0 Å². The van der Waals surface area contributed by atoms with Gasteiger partial charge in [-0.15, -0.1) is 0 Å². The molecular weight excluding hydrogens is 450 g/mol. The lowest BCUT2D eigenvalue weighted by Crippen LogP contribution is -2.29. The van der Waals surface area contributed by atoms with Gasteiger partial charge in [0.05, 0.1) is 22.4 Å². The first-order valence-corrected chi connectivity index (χ1v) is 11.5. The van der Waals surface area contributed by atoms with Gasteiger partial charge in [0.2, 0.25) is 0 Å². The number of esters is 1. The Morgan fingerprint density at radius 2 is 1.44 bits per heavy atom. The summed E-state index contributed by atoms with van der Waals surface area (Å²) in [6.07, 6.45) is 0. The number of nitrogens with zero attached hydrogens (tertiary/aromatic N) is 1. The second-order valence-electron chi connectivity index (χ2n) is 8.86. The third kappa shape index (κ3) is 4.79. The zero-order valence-electron chi connectivity index (χ0n) is 19.0. The van der Waals surface area contributed by atoms with E-state index in [1.54, 1.807) is 44.7 Å². The van der Waals surface area contributed by atoms with Crippen molar-refractivity contribution in [2.45, 2.75) is 30.6 Å². The molecule has 3 aromatic carbocycles. The monoisotopic (exact) mass is 473 g/mol. The Morgan fingerprint density at radius 3 is 2.09 bits per heavy atom. The average molecular weight is 474 g/mol. The molecule has 0 saturated heterocycles. The summed E-state index contributed by atoms with van der Waals surface area (Å²) in [5.74, 6) is -1.90. The summed E-state index contributed by atoms with van der Waals surface area (Å²) >= 11 is 1.58. The van der Waals surface area contributed by atoms with E-state index in [9.17, 15) is 19.2 Å². The summed E-state index contributed by atoms with van der Waals surface area (Å²) in [6.45, 7) is 4.87. The highest BCUT2D eigenvalue weighted by Gasteiger charge is 2.37. The normalized spacial score (nSPS) is 13.1. The molecule has 0 unspecified atom stereocenters. The van der Waals surface area contributed by atoms with E-state index in [0.29, 0.717) is 5.69 Å². The number of carbonyl (C=O) groups excluding carboxylic acids is 4. The maximum absolute atomic E-state index is 13.0. The van der Waals surface area contributed by atoms with Crippen molar-refractivity contribution in [3.63, 3.8) is 0 Å². The van der Waals surface area contributed by atoms with Gasteiger partial charge in [0, 0.05) is 15.2 Å². The first-order valence-electron chi connectivity index (χ1n) is 10.7. The van der Waals surface area contributed by atoms with Gasteiger partial charge in [0.1, 0.15) is 0 Å². The first-order chi connectivity index (χ1) is 16.1. The molecule has 2 amide bonds. The summed E-state index contributed by atoms with van der Waals surface area (Å²) in [4.78, 5) is 53.6. The molecule has 1 aliphatic rings. The van der Waals surface area contributed by atoms with Gasteiger partial charge in [-0.1, -0.05) is 50.7 Å². The van der Waals surface area contributed by atoms with Crippen LogP contribution in [0, 0.1) is 5.41 Å². The number of ketones is 1. The molecule has 6 nitrogen and oxygen atoms in total. The minimum atomic E-state index is -0.721. The molecule has 7 heteroatoms. The molecule has 0 aromatic heterocycles. The van der Waals surface area contributed by atoms with Gasteiger partial charge >= 0.3 is 5.97 Å². The van der Waals surface area contributed by atoms with E-state index in [4.69, 9.17) is 4.74 Å². The Labute approximate surface area is 201 Å². The minimum absolute atomic E-state index is 0.109. The Morgan fingerprint density at radius 1 is 0.824 bits per heavy atom. The van der Waals surface area contributed by atoms with Crippen LogP contribution in [0.2, 0.25) is 0 Å². The minimum Gasteiger partial charge on any atom is -0.454 e. The maximum atomic E-state index is 13.0. The van der Waals surface area contributed by atoms with Gasteiger partial charge in [-0.3, -0.25) is 14.4 Å². The first kappa shape index (κ1) is 23.4. The van der Waals surface area contributed by atoms with Crippen LogP contribution in [0.15, 0.2) is 82.6 Å². The molecule has 0 aliphatic carbocycles. The fraction of sp³-hybridized carbons (Fsp3) is 0.185. The molecule has 172 valence electrons. The smallest absolute Gasteiger partial charge is 0.338 e. The van der Waals surface area contributed by atoms with Crippen LogP contribution in [0.5, 0.6) is 0 Å². The lowest BCUT2D eigenvalue weighted by molar-refractivity contribution is -0.129. The van der Waals surface area contributed by atoms with E-state index in [0.717, 1.165) is 14.7 Å². The molecular formula is C27H23NO5S. The zero-order chi connectivity index (χ0) is 24.5. The molecule has 34 heavy (non-hydrogen) atoms. The number of anilines is 1. The highest BCUT2D eigenvalue weighted by molar-refractivity contribution is 7.99. The quantitative estimate of drug-likeness (QED) is 0.352. The molecule has 0 bridgehead atoms. The SMILES string of the molecule is CC(C)(C)C(=O)COC(=O)c1ccc2c(c1)C(=O)N(c1ccc(Sc3ccccc3)cc1)C2=O. The van der Waals surface area contributed by atoms with Crippen molar-refractivity contribution in [3.8, 4) is 0 Å². The van der Waals surface area contributed by atoms with Crippen molar-refractivity contribution in [1.29, 1.82) is 0 Å². The molecule has 0 radical (unpaired) electrons. The Balaban J connectivity index is 1.50. The van der Waals surface area contributed by atoms with E-state index < -0.39 is 23.2 Å². The predicted molar refractivity (Wildman–Crippen MR) is 129 cm³/mol. The van der Waals surface area contributed by atoms with E-state index in [1.807, 2.05) is 42.5 Å². The van der Waals surface area contributed by atoms with Crippen molar-refractivity contribution in [1.82, 2.24) is 0 Å². The van der Waals surface area contributed by atoms with Gasteiger partial charge < -0.3 is 4.74 Å². The van der Waals surface area contributed by atoms with Crippen molar-refractivity contribution in [2.75, 3.05) is 11.5 Å². The van der Waals surface area contributed by atoms with E-state index in [2.05, 4.69) is 0 Å². The van der Waals surface area contributed by atoms with Crippen LogP contribution in [0.25, 0.3) is 0 Å². The van der Waals surface area contributed by atoms with E-state index in [1.165, 1.54) is 18.2 Å². The maximum Gasteiger partial charge on any atom is 0.338 e. The third-order valence-corrected chi connectivity index (χ3v) is 6.38. The Kier molecular flexibility index (Phi) is 6.39. The summed E-state index contributed by atoms with van der Waals surface area (Å²) in [6, 6.07) is 21.2. The van der Waals surface area contributed by atoms with Crippen LogP contribution in [0.1, 0.15) is 51.8 Å². The van der Waals surface area contributed by atoms with Gasteiger partial charge in [-0.25, -0.2) is 9.69 Å². The molecule has 0 saturated carbocycles. The lowest BCUT2D eigenvalue weighted by Gasteiger charge is -2.16. The number of carbonyl (C=O) groups is 4. The fourth-order valence-electron chi connectivity index (χ4n) is 3.32. The van der Waals surface area contributed by atoms with Gasteiger partial charge in [0.25, 0.3) is 11.8 Å². The highest BCUT2D eigenvalue weighted by Crippen LogP contribution is 2.32. The van der Waals surface area contributed by atoms with Crippen molar-refractivity contribution in [3.05, 3.63) is 89.5 Å². The standard InChI is InChI=1S/C27H23NO5S/c1-27(2,3)23(29)16-33-26(32)17-9-14-21-22(15-17)25(31)28(24(21)30)18-10-12-20(13-11-18)34-19-7-5-4-6-8-19/h4-15H,16H2,1-3H3. The molecule has 0 N–H and O–H groups in total. The molecule has 1 heterocycles. The molecule has 4 rings (SSSR count). The van der Waals surface area contributed by atoms with E-state index in [-0.39, 0.29) is 29.1 Å². The number of Topliss-reactive ketones (excluding diaryl/α,β-unsaturated/α-hetero) is 1. The number of imide groups is 1. The van der Waals surface area contributed by atoms with Crippen LogP contribution in [0.4, 0.5) is 5.69 Å². The summed E-state index contributed by atoms with van der Waals surface area (Å²) in [5, 5.41) is 0. The number of hydrogen-bond donors (Lipinski definition) is 0. The number of rotatable bonds is 6. The Hall–Kier alpha value is -3.71. The topological polar surface area (TPSA) is 80.8 Å². The molecule has 0 atom stereocenters. The van der Waals surface area contributed by atoms with Crippen LogP contribution >= 0.6 is 11.8 Å². The molecule has 1 aliphatic heterocycles. The number of hydrogen-bond acceptors (Lipinski definition) is 6. The third-order valence-electron chi connectivity index (χ3n) is 5.37. The average Bonchev–Trinajstić information content (AvgIpc) is 3.07. The number of fused-ring (bicyclic) bond motifs is 1. The van der Waals surface area contributed by atoms with Crippen molar-refractivity contribution >= 4 is 41.0 Å². The van der Waals surface area contributed by atoms with Gasteiger partial charge in [-0.05, 0) is 54.6 Å². The van der Waals surface area contributed by atoms with Crippen LogP contribution in [-0.2, 0) is 9.53 Å². The van der Waals surface area contributed by atoms with Crippen molar-refractivity contribution in [2.24, 2.45) is 5.41 Å². The molecule has 3 aromatic rings. The predicted octanol–water partition coefficient (Wildman–Crippen LogP) is 5.41. The second-order valence-corrected chi connectivity index (χ2v) is 10.0. The highest BCUT2D eigenvalue weighted by atomic mass is 32.2. The van der Waals surface area contributed by atoms with Crippen LogP contribution < -0.4 is 4.90 Å². The van der Waals surface area contributed by atoms with Crippen LogP contribution in [0.3, 0.4) is 0 Å². The van der Waals surface area contributed by atoms with Crippen LogP contribution in [-0.4, -0.2) is 30.2 Å². The lowest BCUT2D eigenvalue weighted by atomic mass is 9.91. The number of amides is 2. The zero-order valence-corrected chi connectivity index (χ0v) is 19.8. The summed E-state index contributed by atoms with van der Waals surface area (Å²) in [5.41, 5.74) is 0.275. The fourth-order valence-corrected chi connectivity index (χ4v) is 4.16. The number of benzene rings is 3. The largest absolute Gasteiger partial charge is 0.454 e. The van der Waals surface area contributed by atoms with Gasteiger partial charge in [0.15, 0.2) is 12.4 Å². The van der Waals surface area contributed by atoms with Crippen molar-refractivity contribution < 1.29 is 23.9 Å². The second kappa shape index (κ2) is 9.27. The Bertz CT molecular complexity index is 1280. The summed E-state index contributed by atoms with van der Waals surface area (Å²) in [7, 11) is 0. The number of ether oxygens (including phenoxy) is 1. The summed E-state index contributed by atoms with van der Waals surface area (Å²) < 4.78 is 5.11. The van der Waals surface area contributed by atoms with Gasteiger partial charge in [-0.2, -0.15) is 0 Å².